The third-order valence-corrected chi connectivity index (χ3v) is 4.79. The number of imidazole rings is 1. The van der Waals surface area contributed by atoms with Gasteiger partial charge in [-0.2, -0.15) is 4.98 Å². The lowest BCUT2D eigenvalue weighted by molar-refractivity contribution is 0.313. The Morgan fingerprint density at radius 1 is 1.26 bits per heavy atom. The van der Waals surface area contributed by atoms with E-state index in [0.29, 0.717) is 24.4 Å². The molecule has 9 nitrogen and oxygen atoms in total. The van der Waals surface area contributed by atoms with Gasteiger partial charge in [0.2, 0.25) is 17.6 Å². The molecule has 10 heteroatoms. The lowest BCUT2D eigenvalue weighted by Crippen LogP contribution is -2.30. The van der Waals surface area contributed by atoms with Crippen LogP contribution in [-0.4, -0.2) is 71.3 Å². The molecular weight excluding hydrogens is 351 g/mol. The summed E-state index contributed by atoms with van der Waals surface area (Å²) in [4.78, 5) is 14.4. The van der Waals surface area contributed by atoms with E-state index in [4.69, 9.17) is 0 Å². The Bertz CT molecular complexity index is 1140. The van der Waals surface area contributed by atoms with E-state index in [-0.39, 0.29) is 11.8 Å². The Kier molecular flexibility index (Phi) is 3.47. The second-order valence-electron chi connectivity index (χ2n) is 6.75. The van der Waals surface area contributed by atoms with Crippen LogP contribution >= 0.6 is 0 Å². The summed E-state index contributed by atoms with van der Waals surface area (Å²) in [6.45, 7) is 0.917. The number of rotatable bonds is 3. The van der Waals surface area contributed by atoms with Crippen molar-refractivity contribution < 1.29 is 9.50 Å². The zero-order chi connectivity index (χ0) is 18.5. The third kappa shape index (κ3) is 2.65. The molecule has 1 saturated heterocycles. The molecule has 138 valence electrons. The number of halogens is 1. The summed E-state index contributed by atoms with van der Waals surface area (Å²) in [5.41, 5.74) is 2.00. The largest absolute Gasteiger partial charge is 0.492 e. The summed E-state index contributed by atoms with van der Waals surface area (Å²) < 4.78 is 17.3. The standard InChI is InChI=1S/C17H17FN8O/c1-24-8-12(18)13(9-24)21-16-22-15(27)14-11(2-4-26(14)23-16)10-6-20-17-19-3-5-25(17)7-10/h2-7,12-13H,8-9H2,1H3,(H2,21,22,23,27)/t12-,13+/m0/s1. The summed E-state index contributed by atoms with van der Waals surface area (Å²) in [7, 11) is 1.86. The van der Waals surface area contributed by atoms with Crippen LogP contribution in [0.2, 0.25) is 0 Å². The lowest BCUT2D eigenvalue weighted by atomic mass is 10.1. The molecule has 4 aromatic rings. The number of nitrogens with zero attached hydrogens (tertiary/aromatic N) is 7. The van der Waals surface area contributed by atoms with Gasteiger partial charge in [0.25, 0.3) is 0 Å². The van der Waals surface area contributed by atoms with E-state index in [9.17, 15) is 9.50 Å². The molecule has 0 spiro atoms. The average Bonchev–Trinajstić information content (AvgIpc) is 3.33. The molecule has 4 aromatic heterocycles. The number of fused-ring (bicyclic) bond motifs is 2. The minimum Gasteiger partial charge on any atom is -0.492 e. The number of likely N-dealkylation sites (N-methyl/N-ethyl adjacent to an activating group) is 1. The molecule has 2 atom stereocenters. The highest BCUT2D eigenvalue weighted by Gasteiger charge is 2.31. The molecule has 2 N–H and O–H groups in total. The van der Waals surface area contributed by atoms with Gasteiger partial charge in [-0.05, 0) is 13.1 Å². The maximum atomic E-state index is 14.0. The quantitative estimate of drug-likeness (QED) is 0.561. The van der Waals surface area contributed by atoms with Gasteiger partial charge in [0.05, 0.1) is 6.04 Å². The monoisotopic (exact) mass is 368 g/mol. The number of aromatic nitrogens is 6. The Balaban J connectivity index is 1.53. The van der Waals surface area contributed by atoms with Gasteiger partial charge >= 0.3 is 0 Å². The van der Waals surface area contributed by atoms with E-state index >= 15 is 0 Å². The van der Waals surface area contributed by atoms with Gasteiger partial charge in [-0.1, -0.05) is 0 Å². The number of likely N-dealkylation sites (tertiary alicyclic amines) is 1. The van der Waals surface area contributed by atoms with Crippen molar-refractivity contribution in [2.75, 3.05) is 25.5 Å². The van der Waals surface area contributed by atoms with Crippen LogP contribution in [-0.2, 0) is 0 Å². The van der Waals surface area contributed by atoms with Crippen LogP contribution in [0.1, 0.15) is 0 Å². The van der Waals surface area contributed by atoms with Crippen LogP contribution in [0, 0.1) is 0 Å². The molecule has 1 aliphatic rings. The maximum absolute atomic E-state index is 14.0. The molecule has 0 unspecified atom stereocenters. The van der Waals surface area contributed by atoms with Crippen LogP contribution in [0.15, 0.2) is 37.1 Å². The zero-order valence-corrected chi connectivity index (χ0v) is 14.5. The normalized spacial score (nSPS) is 20.7. The first kappa shape index (κ1) is 15.9. The lowest BCUT2D eigenvalue weighted by Gasteiger charge is -2.14. The minimum absolute atomic E-state index is 0.181. The van der Waals surface area contributed by atoms with E-state index in [2.05, 4.69) is 25.4 Å². The zero-order valence-electron chi connectivity index (χ0n) is 14.5. The molecular formula is C17H17FN8O. The van der Waals surface area contributed by atoms with Crippen LogP contribution in [0.3, 0.4) is 0 Å². The van der Waals surface area contributed by atoms with E-state index in [0.717, 1.165) is 11.1 Å². The topological polar surface area (TPSA) is 95.9 Å². The third-order valence-electron chi connectivity index (χ3n) is 4.79. The number of alkyl halides is 1. The Morgan fingerprint density at radius 2 is 2.15 bits per heavy atom. The second-order valence-corrected chi connectivity index (χ2v) is 6.75. The molecule has 0 saturated carbocycles. The van der Waals surface area contributed by atoms with Crippen LogP contribution in [0.5, 0.6) is 5.88 Å². The number of hydrogen-bond donors (Lipinski definition) is 2. The van der Waals surface area contributed by atoms with Gasteiger partial charge in [-0.3, -0.25) is 4.40 Å². The van der Waals surface area contributed by atoms with Gasteiger partial charge in [0.15, 0.2) is 0 Å². The summed E-state index contributed by atoms with van der Waals surface area (Å²) >= 11 is 0. The predicted octanol–water partition coefficient (Wildman–Crippen LogP) is 1.21. The molecule has 0 radical (unpaired) electrons. The predicted molar refractivity (Wildman–Crippen MR) is 96.4 cm³/mol. The maximum Gasteiger partial charge on any atom is 0.244 e. The van der Waals surface area contributed by atoms with Crippen molar-refractivity contribution in [2.24, 2.45) is 0 Å². The minimum atomic E-state index is -1.01. The average molecular weight is 368 g/mol. The summed E-state index contributed by atoms with van der Waals surface area (Å²) in [5.74, 6) is 0.602. The van der Waals surface area contributed by atoms with Crippen LogP contribution in [0.4, 0.5) is 10.3 Å². The van der Waals surface area contributed by atoms with E-state index in [1.165, 1.54) is 4.52 Å². The molecule has 0 bridgehead atoms. The van der Waals surface area contributed by atoms with Crippen molar-refractivity contribution in [3.05, 3.63) is 37.1 Å². The number of nitrogens with one attached hydrogen (secondary N) is 1. The van der Waals surface area contributed by atoms with Crippen molar-refractivity contribution >= 4 is 17.2 Å². The van der Waals surface area contributed by atoms with Gasteiger partial charge < -0.3 is 15.3 Å². The van der Waals surface area contributed by atoms with E-state index < -0.39 is 12.2 Å². The van der Waals surface area contributed by atoms with Gasteiger partial charge in [0.1, 0.15) is 11.7 Å². The van der Waals surface area contributed by atoms with Crippen molar-refractivity contribution in [2.45, 2.75) is 12.2 Å². The Morgan fingerprint density at radius 3 is 2.96 bits per heavy atom. The van der Waals surface area contributed by atoms with Gasteiger partial charge in [-0.25, -0.2) is 18.9 Å². The fraction of sp³-hybridized carbons (Fsp3) is 0.294. The second kappa shape index (κ2) is 5.88. The smallest absolute Gasteiger partial charge is 0.244 e. The first-order valence-electron chi connectivity index (χ1n) is 8.55. The first-order valence-corrected chi connectivity index (χ1v) is 8.55. The Hall–Kier alpha value is -3.27. The molecule has 0 aromatic carbocycles. The number of hydrogen-bond acceptors (Lipinski definition) is 7. The summed E-state index contributed by atoms with van der Waals surface area (Å²) in [6.07, 6.45) is 7.74. The van der Waals surface area contributed by atoms with Crippen molar-refractivity contribution in [3.8, 4) is 17.0 Å². The molecule has 5 heterocycles. The van der Waals surface area contributed by atoms with E-state index in [1.807, 2.05) is 24.2 Å². The molecule has 27 heavy (non-hydrogen) atoms. The number of anilines is 1. The SMILES string of the molecule is CN1C[C@H](F)[C@H](Nc2nc(O)c3c(-c4cnc5nccn5c4)ccn3n2)C1. The molecule has 1 aliphatic heterocycles. The highest BCUT2D eigenvalue weighted by atomic mass is 19.1. The molecule has 0 amide bonds. The highest BCUT2D eigenvalue weighted by Crippen LogP contribution is 2.30. The fourth-order valence-electron chi connectivity index (χ4n) is 3.51. The summed E-state index contributed by atoms with van der Waals surface area (Å²) in [5, 5.41) is 17.8. The summed E-state index contributed by atoms with van der Waals surface area (Å²) in [6, 6.07) is 1.42. The van der Waals surface area contributed by atoms with Crippen LogP contribution < -0.4 is 5.32 Å². The van der Waals surface area contributed by atoms with E-state index in [1.54, 1.807) is 29.2 Å². The number of aromatic hydroxyl groups is 1. The molecule has 0 aliphatic carbocycles. The molecule has 5 rings (SSSR count). The van der Waals surface area contributed by atoms with Gasteiger partial charge in [-0.15, -0.1) is 5.10 Å². The van der Waals surface area contributed by atoms with Crippen molar-refractivity contribution in [1.29, 1.82) is 0 Å². The fourth-order valence-corrected chi connectivity index (χ4v) is 3.51. The Labute approximate surface area is 153 Å². The van der Waals surface area contributed by atoms with Crippen molar-refractivity contribution in [1.82, 2.24) is 33.9 Å². The van der Waals surface area contributed by atoms with Crippen molar-refractivity contribution in [3.63, 3.8) is 0 Å². The van der Waals surface area contributed by atoms with Gasteiger partial charge in [0, 0.05) is 55.2 Å². The molecule has 1 fully saturated rings. The highest BCUT2D eigenvalue weighted by molar-refractivity contribution is 5.83. The van der Waals surface area contributed by atoms with Crippen LogP contribution in [0.25, 0.3) is 22.4 Å². The first-order chi connectivity index (χ1) is 13.1.